The van der Waals surface area contributed by atoms with Crippen molar-refractivity contribution in [1.29, 1.82) is 0 Å². The molecule has 0 spiro atoms. The minimum Gasteiger partial charge on any atom is -0.465 e. The third-order valence-corrected chi connectivity index (χ3v) is 3.50. The summed E-state index contributed by atoms with van der Waals surface area (Å²) >= 11 is 3.07. The standard InChI is InChI=1S/C15H12BrF2NO2/c1-21-15(20)11-4-3-10(17)7-14(11)19-8-9-2-5-12(16)13(18)6-9/h2-7,19H,8H2,1H3. The first-order valence-corrected chi connectivity index (χ1v) is 6.86. The Bertz CT molecular complexity index is 677. The molecule has 0 bridgehead atoms. The van der Waals surface area contributed by atoms with E-state index in [9.17, 15) is 13.6 Å². The lowest BCUT2D eigenvalue weighted by molar-refractivity contribution is 0.0601. The maximum absolute atomic E-state index is 13.4. The van der Waals surface area contributed by atoms with E-state index in [1.807, 2.05) is 0 Å². The Labute approximate surface area is 129 Å². The summed E-state index contributed by atoms with van der Waals surface area (Å²) in [6, 6.07) is 8.37. The van der Waals surface area contributed by atoms with Gasteiger partial charge >= 0.3 is 5.97 Å². The summed E-state index contributed by atoms with van der Waals surface area (Å²) in [5, 5.41) is 2.91. The van der Waals surface area contributed by atoms with Crippen LogP contribution in [0, 0.1) is 11.6 Å². The van der Waals surface area contributed by atoms with E-state index < -0.39 is 11.8 Å². The summed E-state index contributed by atoms with van der Waals surface area (Å²) < 4.78 is 31.7. The van der Waals surface area contributed by atoms with Gasteiger partial charge in [0.1, 0.15) is 11.6 Å². The molecule has 0 fully saturated rings. The van der Waals surface area contributed by atoms with Gasteiger partial charge in [0.05, 0.1) is 22.8 Å². The number of carbonyl (C=O) groups is 1. The normalized spacial score (nSPS) is 10.3. The molecule has 0 radical (unpaired) electrons. The van der Waals surface area contributed by atoms with Crippen LogP contribution in [0.2, 0.25) is 0 Å². The molecule has 0 heterocycles. The molecular weight excluding hydrogens is 344 g/mol. The van der Waals surface area contributed by atoms with Crippen molar-refractivity contribution < 1.29 is 18.3 Å². The molecule has 0 unspecified atom stereocenters. The molecule has 0 aliphatic carbocycles. The van der Waals surface area contributed by atoms with Gasteiger partial charge in [0.2, 0.25) is 0 Å². The Morgan fingerprint density at radius 3 is 2.67 bits per heavy atom. The zero-order valence-electron chi connectivity index (χ0n) is 11.1. The number of hydrogen-bond donors (Lipinski definition) is 1. The largest absolute Gasteiger partial charge is 0.465 e. The van der Waals surface area contributed by atoms with Crippen molar-refractivity contribution in [1.82, 2.24) is 0 Å². The molecule has 0 saturated heterocycles. The van der Waals surface area contributed by atoms with E-state index in [0.717, 1.165) is 0 Å². The zero-order chi connectivity index (χ0) is 15.4. The van der Waals surface area contributed by atoms with Crippen molar-refractivity contribution in [3.63, 3.8) is 0 Å². The summed E-state index contributed by atoms with van der Waals surface area (Å²) in [7, 11) is 1.25. The molecule has 0 aromatic heterocycles. The van der Waals surface area contributed by atoms with Gasteiger partial charge in [-0.25, -0.2) is 13.6 Å². The van der Waals surface area contributed by atoms with Crippen molar-refractivity contribution in [2.75, 3.05) is 12.4 Å². The minimum atomic E-state index is -0.570. The number of anilines is 1. The van der Waals surface area contributed by atoms with Crippen LogP contribution in [0.1, 0.15) is 15.9 Å². The zero-order valence-corrected chi connectivity index (χ0v) is 12.7. The summed E-state index contributed by atoms with van der Waals surface area (Å²) in [5.74, 6) is -1.44. The fourth-order valence-electron chi connectivity index (χ4n) is 1.80. The number of nitrogens with one attached hydrogen (secondary N) is 1. The SMILES string of the molecule is COC(=O)c1ccc(F)cc1NCc1ccc(Br)c(F)c1. The third kappa shape index (κ3) is 3.78. The van der Waals surface area contributed by atoms with E-state index in [1.165, 1.54) is 31.4 Å². The van der Waals surface area contributed by atoms with Crippen LogP contribution in [0.15, 0.2) is 40.9 Å². The van der Waals surface area contributed by atoms with Gasteiger partial charge in [-0.05, 0) is 51.8 Å². The predicted molar refractivity (Wildman–Crippen MR) is 79.2 cm³/mol. The van der Waals surface area contributed by atoms with Crippen molar-refractivity contribution in [2.45, 2.75) is 6.54 Å². The van der Waals surface area contributed by atoms with Crippen molar-refractivity contribution in [3.8, 4) is 0 Å². The third-order valence-electron chi connectivity index (χ3n) is 2.85. The molecule has 6 heteroatoms. The van der Waals surface area contributed by atoms with E-state index >= 15 is 0 Å². The second kappa shape index (κ2) is 6.67. The predicted octanol–water partition coefficient (Wildman–Crippen LogP) is 4.13. The molecule has 0 aliphatic heterocycles. The smallest absolute Gasteiger partial charge is 0.339 e. The van der Waals surface area contributed by atoms with E-state index in [4.69, 9.17) is 0 Å². The second-order valence-electron chi connectivity index (χ2n) is 4.28. The maximum atomic E-state index is 13.4. The van der Waals surface area contributed by atoms with Gasteiger partial charge in [-0.2, -0.15) is 0 Å². The number of hydrogen-bond acceptors (Lipinski definition) is 3. The Hall–Kier alpha value is -1.95. The van der Waals surface area contributed by atoms with Gasteiger partial charge in [0.25, 0.3) is 0 Å². The number of methoxy groups -OCH3 is 1. The van der Waals surface area contributed by atoms with Crippen LogP contribution >= 0.6 is 15.9 Å². The molecule has 2 aromatic rings. The number of ether oxygens (including phenoxy) is 1. The van der Waals surface area contributed by atoms with Crippen molar-refractivity contribution in [2.24, 2.45) is 0 Å². The summed E-state index contributed by atoms with van der Waals surface area (Å²) in [6.07, 6.45) is 0. The molecular formula is C15H12BrF2NO2. The lowest BCUT2D eigenvalue weighted by Crippen LogP contribution is -2.09. The highest BCUT2D eigenvalue weighted by atomic mass is 79.9. The van der Waals surface area contributed by atoms with Crippen LogP contribution in [-0.4, -0.2) is 13.1 Å². The lowest BCUT2D eigenvalue weighted by atomic mass is 10.1. The summed E-state index contributed by atoms with van der Waals surface area (Å²) in [5.41, 5.74) is 1.18. The van der Waals surface area contributed by atoms with Crippen LogP contribution in [-0.2, 0) is 11.3 Å². The highest BCUT2D eigenvalue weighted by molar-refractivity contribution is 9.10. The molecule has 0 saturated carbocycles. The quantitative estimate of drug-likeness (QED) is 0.838. The number of rotatable bonds is 4. The van der Waals surface area contributed by atoms with E-state index in [2.05, 4.69) is 26.0 Å². The van der Waals surface area contributed by atoms with E-state index in [0.29, 0.717) is 15.7 Å². The summed E-state index contributed by atoms with van der Waals surface area (Å²) in [4.78, 5) is 11.6. The molecule has 110 valence electrons. The van der Waals surface area contributed by atoms with Crippen LogP contribution in [0.3, 0.4) is 0 Å². The van der Waals surface area contributed by atoms with Crippen LogP contribution in [0.4, 0.5) is 14.5 Å². The van der Waals surface area contributed by atoms with Gasteiger partial charge < -0.3 is 10.1 Å². The van der Waals surface area contributed by atoms with E-state index in [-0.39, 0.29) is 17.9 Å². The number of carbonyl (C=O) groups excluding carboxylic acids is 1. The van der Waals surface area contributed by atoms with Gasteiger partial charge in [-0.3, -0.25) is 0 Å². The maximum Gasteiger partial charge on any atom is 0.339 e. The first-order valence-electron chi connectivity index (χ1n) is 6.07. The molecule has 0 amide bonds. The van der Waals surface area contributed by atoms with Crippen LogP contribution < -0.4 is 5.32 Å². The topological polar surface area (TPSA) is 38.3 Å². The number of halogens is 3. The Morgan fingerprint density at radius 2 is 2.00 bits per heavy atom. The molecule has 2 rings (SSSR count). The van der Waals surface area contributed by atoms with Gasteiger partial charge in [0, 0.05) is 6.54 Å². The monoisotopic (exact) mass is 355 g/mol. The fourth-order valence-corrected chi connectivity index (χ4v) is 2.04. The Morgan fingerprint density at radius 1 is 1.24 bits per heavy atom. The second-order valence-corrected chi connectivity index (χ2v) is 5.14. The molecule has 0 aliphatic rings. The Kier molecular flexibility index (Phi) is 4.90. The van der Waals surface area contributed by atoms with Gasteiger partial charge in [-0.15, -0.1) is 0 Å². The highest BCUT2D eigenvalue weighted by Crippen LogP contribution is 2.21. The molecule has 1 N–H and O–H groups in total. The van der Waals surface area contributed by atoms with Crippen molar-refractivity contribution in [3.05, 3.63) is 63.6 Å². The molecule has 21 heavy (non-hydrogen) atoms. The van der Waals surface area contributed by atoms with Crippen LogP contribution in [0.25, 0.3) is 0 Å². The Balaban J connectivity index is 2.20. The minimum absolute atomic E-state index is 0.219. The molecule has 3 nitrogen and oxygen atoms in total. The van der Waals surface area contributed by atoms with Crippen molar-refractivity contribution >= 4 is 27.6 Å². The number of esters is 1. The van der Waals surface area contributed by atoms with Gasteiger partial charge in [0.15, 0.2) is 0 Å². The van der Waals surface area contributed by atoms with Crippen LogP contribution in [0.5, 0.6) is 0 Å². The molecule has 0 atom stereocenters. The fraction of sp³-hybridized carbons (Fsp3) is 0.133. The first kappa shape index (κ1) is 15.4. The average Bonchev–Trinajstić information content (AvgIpc) is 2.48. The van der Waals surface area contributed by atoms with E-state index in [1.54, 1.807) is 12.1 Å². The average molecular weight is 356 g/mol. The molecule has 2 aromatic carbocycles. The van der Waals surface area contributed by atoms with Gasteiger partial charge in [-0.1, -0.05) is 6.07 Å². The lowest BCUT2D eigenvalue weighted by Gasteiger charge is -2.11. The highest BCUT2D eigenvalue weighted by Gasteiger charge is 2.12. The number of benzene rings is 2. The first-order chi connectivity index (χ1) is 10.0. The summed E-state index contributed by atoms with van der Waals surface area (Å²) in [6.45, 7) is 0.248.